The fraction of sp³-hybridized carbons (Fsp3) is 0.214. The van der Waals surface area contributed by atoms with E-state index < -0.39 is 5.97 Å². The van der Waals surface area contributed by atoms with Crippen LogP contribution in [0.2, 0.25) is 0 Å². The van der Waals surface area contributed by atoms with Crippen LogP contribution in [-0.4, -0.2) is 15.9 Å². The summed E-state index contributed by atoms with van der Waals surface area (Å²) in [4.78, 5) is 30.2. The van der Waals surface area contributed by atoms with Crippen LogP contribution in [0.1, 0.15) is 17.1 Å². The number of carbonyl (C=O) groups is 1. The highest BCUT2D eigenvalue weighted by Gasteiger charge is 2.13. The normalized spacial score (nSPS) is 10.2. The quantitative estimate of drug-likeness (QED) is 0.669. The van der Waals surface area contributed by atoms with Gasteiger partial charge in [-0.15, -0.1) is 0 Å². The number of nitrogens with zero attached hydrogens (tertiary/aromatic N) is 1. The van der Waals surface area contributed by atoms with Crippen molar-refractivity contribution in [3.05, 3.63) is 57.8 Å². The molecule has 0 unspecified atom stereocenters. The topological polar surface area (TPSA) is 72.0 Å². The summed E-state index contributed by atoms with van der Waals surface area (Å²) in [5, 5.41) is 0. The second kappa shape index (κ2) is 5.48. The first kappa shape index (κ1) is 13.0. The minimum absolute atomic E-state index is 0.0939. The molecule has 0 atom stereocenters. The molecule has 2 aromatic rings. The van der Waals surface area contributed by atoms with Gasteiger partial charge in [-0.1, -0.05) is 18.2 Å². The number of nitrogens with one attached hydrogen (secondary N) is 1. The lowest BCUT2D eigenvalue weighted by molar-refractivity contribution is -0.133. The van der Waals surface area contributed by atoms with Crippen LogP contribution in [0, 0.1) is 13.8 Å². The predicted octanol–water partition coefficient (Wildman–Crippen LogP) is 1.53. The molecule has 5 nitrogen and oxygen atoms in total. The third-order valence-corrected chi connectivity index (χ3v) is 2.64. The van der Waals surface area contributed by atoms with Gasteiger partial charge in [0.05, 0.1) is 6.42 Å². The maximum atomic E-state index is 11.8. The van der Waals surface area contributed by atoms with Gasteiger partial charge in [-0.25, -0.2) is 4.98 Å². The van der Waals surface area contributed by atoms with Crippen molar-refractivity contribution in [2.24, 2.45) is 0 Å². The van der Waals surface area contributed by atoms with Crippen LogP contribution in [-0.2, 0) is 11.2 Å². The van der Waals surface area contributed by atoms with Gasteiger partial charge >= 0.3 is 5.97 Å². The Labute approximate surface area is 110 Å². The fourth-order valence-corrected chi connectivity index (χ4v) is 1.76. The number of esters is 1. The summed E-state index contributed by atoms with van der Waals surface area (Å²) >= 11 is 0. The summed E-state index contributed by atoms with van der Waals surface area (Å²) in [5.74, 6) is 0.509. The zero-order valence-electron chi connectivity index (χ0n) is 10.8. The average molecular weight is 258 g/mol. The first-order valence-corrected chi connectivity index (χ1v) is 5.88. The molecule has 0 saturated heterocycles. The van der Waals surface area contributed by atoms with Crippen molar-refractivity contribution >= 4 is 5.97 Å². The number of para-hydroxylation sites is 1. The van der Waals surface area contributed by atoms with Gasteiger partial charge in [0.25, 0.3) is 5.56 Å². The van der Waals surface area contributed by atoms with Crippen LogP contribution in [0.15, 0.2) is 35.1 Å². The summed E-state index contributed by atoms with van der Waals surface area (Å²) in [7, 11) is 0. The van der Waals surface area contributed by atoms with E-state index in [1.165, 1.54) is 0 Å². The van der Waals surface area contributed by atoms with Crippen LogP contribution < -0.4 is 10.3 Å². The Morgan fingerprint density at radius 1 is 1.26 bits per heavy atom. The molecule has 0 aliphatic heterocycles. The van der Waals surface area contributed by atoms with E-state index in [4.69, 9.17) is 4.74 Å². The van der Waals surface area contributed by atoms with Crippen molar-refractivity contribution in [3.8, 4) is 5.75 Å². The van der Waals surface area contributed by atoms with Gasteiger partial charge in [0, 0.05) is 11.3 Å². The SMILES string of the molecule is Cc1nc(C)c(CC(=O)Oc2ccccc2)c(=O)[nH]1. The molecule has 1 N–H and O–H groups in total. The smallest absolute Gasteiger partial charge is 0.315 e. The fourth-order valence-electron chi connectivity index (χ4n) is 1.76. The molecule has 1 heterocycles. The number of hydrogen-bond donors (Lipinski definition) is 1. The zero-order chi connectivity index (χ0) is 13.8. The molecule has 1 aromatic heterocycles. The highest BCUT2D eigenvalue weighted by atomic mass is 16.5. The molecule has 0 aliphatic carbocycles. The summed E-state index contributed by atoms with van der Waals surface area (Å²) in [6.07, 6.45) is -0.0939. The van der Waals surface area contributed by atoms with Gasteiger partial charge in [-0.2, -0.15) is 0 Å². The number of aromatic nitrogens is 2. The third-order valence-electron chi connectivity index (χ3n) is 2.64. The maximum Gasteiger partial charge on any atom is 0.315 e. The molecule has 0 amide bonds. The lowest BCUT2D eigenvalue weighted by Crippen LogP contribution is -2.22. The molecule has 1 aromatic carbocycles. The van der Waals surface area contributed by atoms with E-state index in [0.29, 0.717) is 22.8 Å². The number of ether oxygens (including phenoxy) is 1. The number of rotatable bonds is 3. The molecule has 0 fully saturated rings. The number of aromatic amines is 1. The van der Waals surface area contributed by atoms with Gasteiger partial charge in [-0.3, -0.25) is 9.59 Å². The molecule has 0 spiro atoms. The van der Waals surface area contributed by atoms with Crippen molar-refractivity contribution in [2.45, 2.75) is 20.3 Å². The minimum atomic E-state index is -0.481. The van der Waals surface area contributed by atoms with Crippen LogP contribution in [0.4, 0.5) is 0 Å². The van der Waals surface area contributed by atoms with E-state index >= 15 is 0 Å². The first-order chi connectivity index (χ1) is 9.06. The van der Waals surface area contributed by atoms with Gasteiger partial charge < -0.3 is 9.72 Å². The molecule has 0 saturated carbocycles. The molecule has 0 bridgehead atoms. The van der Waals surface area contributed by atoms with Gasteiger partial charge in [-0.05, 0) is 26.0 Å². The van der Waals surface area contributed by atoms with Gasteiger partial charge in [0.15, 0.2) is 0 Å². The Morgan fingerprint density at radius 3 is 2.58 bits per heavy atom. The molecule has 2 rings (SSSR count). The Bertz CT molecular complexity index is 647. The van der Waals surface area contributed by atoms with E-state index in [0.717, 1.165) is 0 Å². The number of H-pyrrole nitrogens is 1. The van der Waals surface area contributed by atoms with Crippen molar-refractivity contribution in [1.82, 2.24) is 9.97 Å². The molecule has 19 heavy (non-hydrogen) atoms. The van der Waals surface area contributed by atoms with Crippen molar-refractivity contribution in [2.75, 3.05) is 0 Å². The molecule has 0 radical (unpaired) electrons. The van der Waals surface area contributed by atoms with Gasteiger partial charge in [0.2, 0.25) is 0 Å². The van der Waals surface area contributed by atoms with Crippen molar-refractivity contribution < 1.29 is 9.53 Å². The second-order valence-electron chi connectivity index (χ2n) is 4.18. The summed E-state index contributed by atoms with van der Waals surface area (Å²) in [6, 6.07) is 8.74. The minimum Gasteiger partial charge on any atom is -0.426 e. The average Bonchev–Trinajstić information content (AvgIpc) is 2.35. The summed E-state index contributed by atoms with van der Waals surface area (Å²) in [6.45, 7) is 3.40. The van der Waals surface area contributed by atoms with E-state index in [1.54, 1.807) is 38.1 Å². The molecule has 0 aliphatic rings. The highest BCUT2D eigenvalue weighted by Crippen LogP contribution is 2.10. The molecular formula is C14H14N2O3. The van der Waals surface area contributed by atoms with Crippen LogP contribution in [0.3, 0.4) is 0 Å². The predicted molar refractivity (Wildman–Crippen MR) is 70.1 cm³/mol. The van der Waals surface area contributed by atoms with Crippen molar-refractivity contribution in [3.63, 3.8) is 0 Å². The first-order valence-electron chi connectivity index (χ1n) is 5.88. The second-order valence-corrected chi connectivity index (χ2v) is 4.18. The molecule has 5 heteroatoms. The largest absolute Gasteiger partial charge is 0.426 e. The van der Waals surface area contributed by atoms with Crippen molar-refractivity contribution in [1.29, 1.82) is 0 Å². The Kier molecular flexibility index (Phi) is 3.75. The van der Waals surface area contributed by atoms with Crippen LogP contribution in [0.5, 0.6) is 5.75 Å². The Morgan fingerprint density at radius 2 is 1.95 bits per heavy atom. The highest BCUT2D eigenvalue weighted by molar-refractivity contribution is 5.75. The monoisotopic (exact) mass is 258 g/mol. The van der Waals surface area contributed by atoms with Crippen LogP contribution >= 0.6 is 0 Å². The van der Waals surface area contributed by atoms with E-state index in [-0.39, 0.29) is 12.0 Å². The number of hydrogen-bond acceptors (Lipinski definition) is 4. The number of aryl methyl sites for hydroxylation is 2. The lowest BCUT2D eigenvalue weighted by atomic mass is 10.2. The molecule has 98 valence electrons. The Hall–Kier alpha value is -2.43. The summed E-state index contributed by atoms with van der Waals surface area (Å²) < 4.78 is 5.14. The van der Waals surface area contributed by atoms with Gasteiger partial charge in [0.1, 0.15) is 11.6 Å². The number of benzene rings is 1. The number of carbonyl (C=O) groups excluding carboxylic acids is 1. The standard InChI is InChI=1S/C14H14N2O3/c1-9-12(14(18)16-10(2)15-9)8-13(17)19-11-6-4-3-5-7-11/h3-7H,8H2,1-2H3,(H,15,16,18). The summed E-state index contributed by atoms with van der Waals surface area (Å²) in [5.41, 5.74) is 0.591. The third kappa shape index (κ3) is 3.28. The van der Waals surface area contributed by atoms with E-state index in [2.05, 4.69) is 9.97 Å². The zero-order valence-corrected chi connectivity index (χ0v) is 10.8. The van der Waals surface area contributed by atoms with E-state index in [1.807, 2.05) is 6.07 Å². The van der Waals surface area contributed by atoms with E-state index in [9.17, 15) is 9.59 Å². The molecular weight excluding hydrogens is 244 g/mol. The Balaban J connectivity index is 2.14. The lowest BCUT2D eigenvalue weighted by Gasteiger charge is -2.06. The van der Waals surface area contributed by atoms with Crippen LogP contribution in [0.25, 0.3) is 0 Å². The maximum absolute atomic E-state index is 11.8.